The van der Waals surface area contributed by atoms with Crippen molar-refractivity contribution in [1.82, 2.24) is 0 Å². The molecule has 0 heterocycles. The molecular weight excluding hydrogens is 472 g/mol. The molecular formula is C15H36Cl2HfNSi-6. The fraction of sp³-hybridized carbons (Fsp3) is 0.467. The molecule has 1 radical (unpaired) electrons. The van der Waals surface area contributed by atoms with E-state index in [1.807, 2.05) is 32.9 Å². The van der Waals surface area contributed by atoms with E-state index in [4.69, 9.17) is 5.73 Å². The molecule has 0 aromatic heterocycles. The number of hydrogen-bond acceptors (Lipinski definition) is 0. The van der Waals surface area contributed by atoms with Crippen LogP contribution in [0.25, 0.3) is 5.73 Å². The van der Waals surface area contributed by atoms with Gasteiger partial charge in [0.15, 0.2) is 0 Å². The quantitative estimate of drug-likeness (QED) is 0.271. The van der Waals surface area contributed by atoms with Crippen LogP contribution in [0.1, 0.15) is 27.2 Å². The van der Waals surface area contributed by atoms with Crippen LogP contribution in [0.4, 0.5) is 0 Å². The van der Waals surface area contributed by atoms with Crippen molar-refractivity contribution in [3.05, 3.63) is 59.7 Å². The van der Waals surface area contributed by atoms with Gasteiger partial charge in [-0.05, 0) is 0 Å². The normalized spacial score (nSPS) is 8.30. The van der Waals surface area contributed by atoms with Crippen LogP contribution in [0, 0.1) is 35.8 Å². The average Bonchev–Trinajstić information content (AvgIpc) is 2.36. The van der Waals surface area contributed by atoms with Crippen LogP contribution in [-0.4, -0.2) is 15.1 Å². The zero-order chi connectivity index (χ0) is 10.7. The molecule has 5 heteroatoms. The van der Waals surface area contributed by atoms with Crippen molar-refractivity contribution in [3.8, 4) is 0 Å². The van der Waals surface area contributed by atoms with Crippen molar-refractivity contribution in [1.29, 1.82) is 0 Å². The summed E-state index contributed by atoms with van der Waals surface area (Å²) in [7, 11) is 0.750. The molecule has 0 unspecified atom stereocenters. The maximum absolute atomic E-state index is 6.94. The van der Waals surface area contributed by atoms with E-state index in [1.54, 1.807) is 0 Å². The van der Waals surface area contributed by atoms with Gasteiger partial charge in [0.2, 0.25) is 0 Å². The molecule has 1 rings (SSSR count). The Kier molecular flexibility index (Phi) is 124. The molecule has 1 aliphatic rings. The van der Waals surface area contributed by atoms with Crippen LogP contribution in [0.5, 0.6) is 0 Å². The summed E-state index contributed by atoms with van der Waals surface area (Å²) in [6, 6.07) is 0. The van der Waals surface area contributed by atoms with E-state index < -0.39 is 0 Å². The predicted octanol–water partition coefficient (Wildman–Crippen LogP) is 6.30. The number of hydrogen-bond donors (Lipinski definition) is 0. The topological polar surface area (TPSA) is 23.8 Å². The van der Waals surface area contributed by atoms with Gasteiger partial charge in [-0.25, -0.2) is 12.2 Å². The van der Waals surface area contributed by atoms with Crippen LogP contribution in [0.15, 0.2) is 18.2 Å². The van der Waals surface area contributed by atoms with Gasteiger partial charge < -0.3 is 35.4 Å². The van der Waals surface area contributed by atoms with Crippen molar-refractivity contribution < 1.29 is 25.8 Å². The second-order valence-electron chi connectivity index (χ2n) is 3.83. The minimum atomic E-state index is -0.250. The molecule has 0 aromatic carbocycles. The van der Waals surface area contributed by atoms with Crippen LogP contribution in [0.2, 0.25) is 13.1 Å². The van der Waals surface area contributed by atoms with E-state index in [0.29, 0.717) is 0 Å². The summed E-state index contributed by atoms with van der Waals surface area (Å²) in [5.74, 6) is 0. The molecule has 0 aliphatic heterocycles. The Morgan fingerprint density at radius 2 is 1.25 bits per heavy atom. The summed E-state index contributed by atoms with van der Waals surface area (Å²) in [6.45, 7) is 9.98. The second-order valence-corrected chi connectivity index (χ2v) is 4.99. The molecule has 0 spiro atoms. The molecule has 1 aliphatic carbocycles. The minimum Gasteiger partial charge on any atom is -0.673 e. The van der Waals surface area contributed by atoms with Gasteiger partial charge in [0.05, 0.1) is 0 Å². The molecule has 0 amide bonds. The van der Waals surface area contributed by atoms with Gasteiger partial charge in [-0.2, -0.15) is 6.08 Å². The standard InChI is InChI=1S/C5H5.C4H10N.C2H7Si.4CH3.2ClH.Hf/c1-2-4-5-3-1;1-4(2,3)5;1-3-2;;;;;;;/h1-3H,4H2;5H,1-3H3;3H,1-2H3;4*1H3;2*1H;/q2*-1;;4*-1;;;. The maximum atomic E-state index is 6.94. The zero-order valence-corrected chi connectivity index (χ0v) is 21.2. The largest absolute Gasteiger partial charge is 0.673 e. The average molecular weight is 508 g/mol. The number of allylic oxidation sites excluding steroid dienone is 4. The van der Waals surface area contributed by atoms with Crippen molar-refractivity contribution in [2.24, 2.45) is 0 Å². The van der Waals surface area contributed by atoms with E-state index in [2.05, 4.69) is 25.2 Å². The van der Waals surface area contributed by atoms with E-state index in [0.717, 1.165) is 15.9 Å². The van der Waals surface area contributed by atoms with Crippen molar-refractivity contribution in [2.75, 3.05) is 0 Å². The molecule has 0 aromatic rings. The second kappa shape index (κ2) is 42.7. The first kappa shape index (κ1) is 58.2. The monoisotopic (exact) mass is 508 g/mol. The fourth-order valence-electron chi connectivity index (χ4n) is 0.340. The Hall–Kier alpha value is 1.11. The summed E-state index contributed by atoms with van der Waals surface area (Å²) in [4.78, 5) is 0. The Bertz CT molecular complexity index is 142. The van der Waals surface area contributed by atoms with E-state index in [1.165, 1.54) is 0 Å². The number of rotatable bonds is 0. The molecule has 0 atom stereocenters. The summed E-state index contributed by atoms with van der Waals surface area (Å²) in [6.07, 6.45) is 10.0. The third-order valence-corrected chi connectivity index (χ3v) is 0.586. The van der Waals surface area contributed by atoms with Crippen molar-refractivity contribution >= 4 is 34.3 Å². The predicted molar refractivity (Wildman–Crippen MR) is 105 cm³/mol. The third-order valence-electron chi connectivity index (χ3n) is 0.586. The van der Waals surface area contributed by atoms with Gasteiger partial charge >= 0.3 is 0 Å². The number of halogens is 2. The number of nitrogens with one attached hydrogen (secondary N) is 1. The Morgan fingerprint density at radius 1 is 1.00 bits per heavy atom. The summed E-state index contributed by atoms with van der Waals surface area (Å²) in [5.41, 5.74) is 6.69. The Morgan fingerprint density at radius 3 is 1.30 bits per heavy atom. The first-order valence-corrected chi connectivity index (χ1v) is 6.93. The van der Waals surface area contributed by atoms with Crippen molar-refractivity contribution in [3.63, 3.8) is 0 Å². The maximum Gasteiger partial charge on any atom is 0.0213 e. The van der Waals surface area contributed by atoms with Gasteiger partial charge in [0, 0.05) is 35.4 Å². The molecule has 129 valence electrons. The fourth-order valence-corrected chi connectivity index (χ4v) is 0.340. The van der Waals surface area contributed by atoms with Crippen LogP contribution >= 0.6 is 24.8 Å². The van der Waals surface area contributed by atoms with Crippen LogP contribution < -0.4 is 0 Å². The van der Waals surface area contributed by atoms with E-state index in [9.17, 15) is 0 Å². The van der Waals surface area contributed by atoms with E-state index in [-0.39, 0.29) is 85.9 Å². The van der Waals surface area contributed by atoms with Crippen LogP contribution in [0.3, 0.4) is 0 Å². The van der Waals surface area contributed by atoms with Gasteiger partial charge in [-0.3, -0.25) is 6.08 Å². The smallest absolute Gasteiger partial charge is 0.0213 e. The SMILES string of the molecule is CC(C)(C)[NH-].C[SiH]C.Cl.Cl.[C-]1=CC=CC1.[CH3-].[CH3-].[CH3-].[CH3-].[Hf]. The summed E-state index contributed by atoms with van der Waals surface area (Å²) >= 11 is 0. The molecule has 1 N–H and O–H groups in total. The molecule has 0 fully saturated rings. The zero-order valence-electron chi connectivity index (χ0n) is 14.8. The molecule has 1 nitrogen and oxygen atoms in total. The van der Waals surface area contributed by atoms with Gasteiger partial charge in [0.25, 0.3) is 0 Å². The molecule has 20 heavy (non-hydrogen) atoms. The molecule has 0 saturated carbocycles. The van der Waals surface area contributed by atoms with Crippen molar-refractivity contribution in [2.45, 2.75) is 45.8 Å². The van der Waals surface area contributed by atoms with Gasteiger partial charge in [-0.1, -0.05) is 33.9 Å². The Labute approximate surface area is 165 Å². The van der Waals surface area contributed by atoms with Crippen LogP contribution in [-0.2, 0) is 25.8 Å². The molecule has 0 bridgehead atoms. The van der Waals surface area contributed by atoms with Gasteiger partial charge in [-0.15, -0.1) is 36.8 Å². The minimum absolute atomic E-state index is 0. The Balaban J connectivity index is -0.0000000113. The first-order valence-electron chi connectivity index (χ1n) is 4.62. The van der Waals surface area contributed by atoms with Gasteiger partial charge in [0.1, 0.15) is 0 Å². The molecule has 0 saturated heterocycles. The first-order chi connectivity index (χ1) is 5.91. The third kappa shape index (κ3) is 168. The summed E-state index contributed by atoms with van der Waals surface area (Å²) in [5, 5.41) is 0. The van der Waals surface area contributed by atoms with E-state index >= 15 is 0 Å². The summed E-state index contributed by atoms with van der Waals surface area (Å²) < 4.78 is 0.